The Morgan fingerprint density at radius 1 is 1.00 bits per heavy atom. The molecule has 0 radical (unpaired) electrons. The molecule has 4 rings (SSSR count). The standard InChI is InChI=1S/C24H17Cl3N2O2S/c1-14-17(25)6-4-7-20(14)28-24-29-23(30)22(32-24)12-16-5-2-3-8-21(16)31-13-15-9-10-18(26)19(27)11-15/h2-12H,13H2,1H3,(H,28,29,30)/b22-12+. The molecule has 8 heteroatoms. The number of ether oxygens (including phenoxy) is 1. The molecule has 0 unspecified atom stereocenters. The molecule has 0 bridgehead atoms. The average Bonchev–Trinajstić information content (AvgIpc) is 3.12. The third-order valence-corrected chi connectivity index (χ3v) is 6.75. The highest BCUT2D eigenvalue weighted by atomic mass is 35.5. The molecule has 1 heterocycles. The molecule has 1 saturated heterocycles. The summed E-state index contributed by atoms with van der Waals surface area (Å²) in [6.45, 7) is 2.21. The molecule has 1 aliphatic heterocycles. The van der Waals surface area contributed by atoms with E-state index in [4.69, 9.17) is 39.5 Å². The second kappa shape index (κ2) is 10.0. The van der Waals surface area contributed by atoms with Crippen LogP contribution in [0.25, 0.3) is 6.08 Å². The van der Waals surface area contributed by atoms with Gasteiger partial charge in [-0.2, -0.15) is 0 Å². The van der Waals surface area contributed by atoms with E-state index in [2.05, 4.69) is 10.3 Å². The molecule has 1 amide bonds. The van der Waals surface area contributed by atoms with Crippen LogP contribution in [0.1, 0.15) is 16.7 Å². The number of nitrogens with zero attached hydrogens (tertiary/aromatic N) is 1. The number of halogens is 3. The number of aliphatic imine (C=N–C) groups is 1. The molecule has 0 spiro atoms. The number of nitrogens with one attached hydrogen (secondary N) is 1. The van der Waals surface area contributed by atoms with Crippen LogP contribution < -0.4 is 10.1 Å². The van der Waals surface area contributed by atoms with E-state index >= 15 is 0 Å². The Hall–Kier alpha value is -2.44. The lowest BCUT2D eigenvalue weighted by Crippen LogP contribution is -2.19. The minimum Gasteiger partial charge on any atom is -0.488 e. The van der Waals surface area contributed by atoms with Crippen molar-refractivity contribution in [2.75, 3.05) is 0 Å². The number of carbonyl (C=O) groups excluding carboxylic acids is 1. The number of rotatable bonds is 5. The van der Waals surface area contributed by atoms with Gasteiger partial charge in [0.15, 0.2) is 5.17 Å². The van der Waals surface area contributed by atoms with Crippen LogP contribution in [-0.4, -0.2) is 11.1 Å². The van der Waals surface area contributed by atoms with Gasteiger partial charge in [-0.15, -0.1) is 0 Å². The number of benzene rings is 3. The van der Waals surface area contributed by atoms with Crippen molar-refractivity contribution in [2.24, 2.45) is 4.99 Å². The van der Waals surface area contributed by atoms with Gasteiger partial charge in [-0.25, -0.2) is 4.99 Å². The van der Waals surface area contributed by atoms with E-state index in [1.165, 1.54) is 11.8 Å². The molecule has 3 aromatic carbocycles. The van der Waals surface area contributed by atoms with Crippen molar-refractivity contribution in [2.45, 2.75) is 13.5 Å². The zero-order chi connectivity index (χ0) is 22.7. The van der Waals surface area contributed by atoms with Crippen LogP contribution in [0.3, 0.4) is 0 Å². The van der Waals surface area contributed by atoms with Gasteiger partial charge in [0.2, 0.25) is 0 Å². The van der Waals surface area contributed by atoms with E-state index in [-0.39, 0.29) is 5.91 Å². The van der Waals surface area contributed by atoms with Crippen molar-refractivity contribution in [3.63, 3.8) is 0 Å². The van der Waals surface area contributed by atoms with Crippen LogP contribution >= 0.6 is 46.6 Å². The van der Waals surface area contributed by atoms with Gasteiger partial charge in [0.25, 0.3) is 5.91 Å². The summed E-state index contributed by atoms with van der Waals surface area (Å²) < 4.78 is 5.98. The first-order valence-electron chi connectivity index (χ1n) is 9.61. The Labute approximate surface area is 205 Å². The highest BCUT2D eigenvalue weighted by Crippen LogP contribution is 2.33. The van der Waals surface area contributed by atoms with E-state index in [0.717, 1.165) is 16.7 Å². The molecular weight excluding hydrogens is 487 g/mol. The van der Waals surface area contributed by atoms with Gasteiger partial charge in [-0.05, 0) is 66.2 Å². The number of amidine groups is 1. The van der Waals surface area contributed by atoms with Gasteiger partial charge in [-0.1, -0.05) is 65.1 Å². The number of hydrogen-bond acceptors (Lipinski definition) is 4. The number of carbonyl (C=O) groups is 1. The molecule has 0 aliphatic carbocycles. The monoisotopic (exact) mass is 502 g/mol. The lowest BCUT2D eigenvalue weighted by Gasteiger charge is -2.10. The summed E-state index contributed by atoms with van der Waals surface area (Å²) in [4.78, 5) is 17.6. The molecule has 32 heavy (non-hydrogen) atoms. The summed E-state index contributed by atoms with van der Waals surface area (Å²) in [6, 6.07) is 18.4. The predicted molar refractivity (Wildman–Crippen MR) is 134 cm³/mol. The van der Waals surface area contributed by atoms with E-state index in [1.807, 2.05) is 49.4 Å². The number of hydrogen-bond donors (Lipinski definition) is 1. The highest BCUT2D eigenvalue weighted by molar-refractivity contribution is 8.18. The van der Waals surface area contributed by atoms with Crippen LogP contribution in [0.2, 0.25) is 15.1 Å². The number of thioether (sulfide) groups is 1. The van der Waals surface area contributed by atoms with E-state index in [1.54, 1.807) is 24.3 Å². The third-order valence-electron chi connectivity index (χ3n) is 4.70. The van der Waals surface area contributed by atoms with E-state index in [0.29, 0.717) is 43.2 Å². The Bertz CT molecular complexity index is 1260. The van der Waals surface area contributed by atoms with Gasteiger partial charge in [0.1, 0.15) is 12.4 Å². The van der Waals surface area contributed by atoms with Crippen molar-refractivity contribution < 1.29 is 9.53 Å². The summed E-state index contributed by atoms with van der Waals surface area (Å²) in [5, 5.41) is 4.90. The summed E-state index contributed by atoms with van der Waals surface area (Å²) in [7, 11) is 0. The van der Waals surface area contributed by atoms with Gasteiger partial charge in [0.05, 0.1) is 20.6 Å². The minimum atomic E-state index is -0.215. The molecule has 162 valence electrons. The maximum absolute atomic E-state index is 12.5. The van der Waals surface area contributed by atoms with E-state index < -0.39 is 0 Å². The Kier molecular flexibility index (Phi) is 7.11. The Balaban J connectivity index is 1.54. The largest absolute Gasteiger partial charge is 0.488 e. The van der Waals surface area contributed by atoms with Gasteiger partial charge >= 0.3 is 0 Å². The van der Waals surface area contributed by atoms with Crippen LogP contribution in [0.5, 0.6) is 5.75 Å². The Morgan fingerprint density at radius 2 is 1.81 bits per heavy atom. The molecule has 4 nitrogen and oxygen atoms in total. The topological polar surface area (TPSA) is 50.7 Å². The lowest BCUT2D eigenvalue weighted by molar-refractivity contribution is -0.115. The minimum absolute atomic E-state index is 0.215. The van der Waals surface area contributed by atoms with E-state index in [9.17, 15) is 4.79 Å². The maximum Gasteiger partial charge on any atom is 0.264 e. The zero-order valence-corrected chi connectivity index (χ0v) is 19.9. The quantitative estimate of drug-likeness (QED) is 0.368. The maximum atomic E-state index is 12.5. The van der Waals surface area contributed by atoms with Crippen molar-refractivity contribution in [3.05, 3.63) is 97.3 Å². The summed E-state index contributed by atoms with van der Waals surface area (Å²) in [6.07, 6.45) is 1.79. The number of amides is 1. The van der Waals surface area contributed by atoms with Gasteiger partial charge < -0.3 is 10.1 Å². The van der Waals surface area contributed by atoms with Crippen LogP contribution in [0.4, 0.5) is 5.69 Å². The van der Waals surface area contributed by atoms with Gasteiger partial charge in [0, 0.05) is 10.6 Å². The number of para-hydroxylation sites is 1. The predicted octanol–water partition coefficient (Wildman–Crippen LogP) is 7.43. The fourth-order valence-corrected chi connectivity index (χ4v) is 4.29. The van der Waals surface area contributed by atoms with Crippen molar-refractivity contribution in [1.82, 2.24) is 5.32 Å². The molecule has 1 fully saturated rings. The first-order valence-corrected chi connectivity index (χ1v) is 11.6. The van der Waals surface area contributed by atoms with Crippen LogP contribution in [-0.2, 0) is 11.4 Å². The smallest absolute Gasteiger partial charge is 0.264 e. The lowest BCUT2D eigenvalue weighted by atomic mass is 10.2. The van der Waals surface area contributed by atoms with Gasteiger partial charge in [-0.3, -0.25) is 4.79 Å². The average molecular weight is 504 g/mol. The zero-order valence-electron chi connectivity index (χ0n) is 16.9. The molecule has 0 saturated carbocycles. The summed E-state index contributed by atoms with van der Waals surface area (Å²) in [5.41, 5.74) is 3.24. The van der Waals surface area contributed by atoms with Crippen LogP contribution in [0.15, 0.2) is 70.6 Å². The molecule has 0 atom stereocenters. The fraction of sp³-hybridized carbons (Fsp3) is 0.0833. The molecular formula is C24H17Cl3N2O2S. The second-order valence-corrected chi connectivity index (χ2v) is 9.19. The molecule has 1 N–H and O–H groups in total. The third kappa shape index (κ3) is 5.30. The second-order valence-electron chi connectivity index (χ2n) is 6.94. The summed E-state index contributed by atoms with van der Waals surface area (Å²) >= 11 is 19.5. The normalized spacial score (nSPS) is 15.9. The SMILES string of the molecule is Cc1c(Cl)cccc1N=C1NC(=O)/C(=C\c2ccccc2OCc2ccc(Cl)c(Cl)c2)S1. The molecule has 1 aliphatic rings. The summed E-state index contributed by atoms with van der Waals surface area (Å²) in [5.74, 6) is 0.434. The van der Waals surface area contributed by atoms with Crippen molar-refractivity contribution >= 4 is 69.4 Å². The van der Waals surface area contributed by atoms with Crippen LogP contribution in [0, 0.1) is 6.92 Å². The molecule has 3 aromatic rings. The fourth-order valence-electron chi connectivity index (χ4n) is 2.97. The first-order chi connectivity index (χ1) is 15.4. The van der Waals surface area contributed by atoms with Crippen molar-refractivity contribution in [1.29, 1.82) is 0 Å². The molecule has 0 aromatic heterocycles. The Morgan fingerprint density at radius 3 is 2.62 bits per heavy atom. The van der Waals surface area contributed by atoms with Crippen molar-refractivity contribution in [3.8, 4) is 5.75 Å². The highest BCUT2D eigenvalue weighted by Gasteiger charge is 2.24. The first kappa shape index (κ1) is 22.7.